The van der Waals surface area contributed by atoms with Gasteiger partial charge in [0.05, 0.1) is 12.0 Å². The van der Waals surface area contributed by atoms with E-state index in [-0.39, 0.29) is 0 Å². The molecule has 1 heterocycles. The van der Waals surface area contributed by atoms with Gasteiger partial charge >= 0.3 is 0 Å². The lowest BCUT2D eigenvalue weighted by Crippen LogP contribution is -2.28. The summed E-state index contributed by atoms with van der Waals surface area (Å²) in [6.45, 7) is 5.70. The number of imidazole rings is 1. The maximum Gasteiger partial charge on any atom is 0.0947 e. The fourth-order valence-corrected chi connectivity index (χ4v) is 1.31. The average Bonchev–Trinajstić information content (AvgIpc) is 2.50. The zero-order valence-corrected chi connectivity index (χ0v) is 8.40. The van der Waals surface area contributed by atoms with Gasteiger partial charge in [-0.15, -0.1) is 0 Å². The van der Waals surface area contributed by atoms with Crippen molar-refractivity contribution in [2.45, 2.75) is 13.5 Å². The topological polar surface area (TPSA) is 47.1 Å². The molecule has 0 bridgehead atoms. The van der Waals surface area contributed by atoms with E-state index >= 15 is 0 Å². The minimum atomic E-state index is 0.709. The van der Waals surface area contributed by atoms with E-state index in [9.17, 15) is 0 Å². The number of hydrogen-bond donors (Lipinski definition) is 1. The standard InChI is InChI=1S/C9H18N4/c1-3-13(5-4-10)7-9-6-12(2)8-11-9/h6,8H,3-5,7,10H2,1-2H3. The van der Waals surface area contributed by atoms with Crippen LogP contribution in [0.1, 0.15) is 12.6 Å². The van der Waals surface area contributed by atoms with Gasteiger partial charge in [-0.05, 0) is 6.54 Å². The zero-order chi connectivity index (χ0) is 9.68. The third kappa shape index (κ3) is 3.16. The fraction of sp³-hybridized carbons (Fsp3) is 0.667. The predicted octanol–water partition coefficient (Wildman–Crippen LogP) is 0.201. The monoisotopic (exact) mass is 182 g/mol. The molecule has 0 saturated heterocycles. The highest BCUT2D eigenvalue weighted by molar-refractivity contribution is 4.95. The Hall–Kier alpha value is -0.870. The van der Waals surface area contributed by atoms with Gasteiger partial charge in [0.1, 0.15) is 0 Å². The predicted molar refractivity (Wildman–Crippen MR) is 53.2 cm³/mol. The van der Waals surface area contributed by atoms with E-state index in [0.717, 1.165) is 25.3 Å². The largest absolute Gasteiger partial charge is 0.340 e. The summed E-state index contributed by atoms with van der Waals surface area (Å²) in [7, 11) is 1.98. The molecule has 0 aromatic carbocycles. The van der Waals surface area contributed by atoms with Crippen molar-refractivity contribution in [1.82, 2.24) is 14.5 Å². The summed E-state index contributed by atoms with van der Waals surface area (Å²) in [6.07, 6.45) is 3.87. The highest BCUT2D eigenvalue weighted by Gasteiger charge is 2.03. The Kier molecular flexibility index (Phi) is 3.92. The number of hydrogen-bond acceptors (Lipinski definition) is 3. The number of likely N-dealkylation sites (N-methyl/N-ethyl adjacent to an activating group) is 1. The van der Waals surface area contributed by atoms with E-state index < -0.39 is 0 Å². The molecule has 0 aliphatic carbocycles. The van der Waals surface area contributed by atoms with Crippen molar-refractivity contribution in [3.8, 4) is 0 Å². The molecule has 1 aromatic rings. The number of rotatable bonds is 5. The summed E-state index contributed by atoms with van der Waals surface area (Å²) in [5.41, 5.74) is 6.61. The lowest BCUT2D eigenvalue weighted by atomic mass is 10.4. The molecular weight excluding hydrogens is 164 g/mol. The van der Waals surface area contributed by atoms with E-state index in [4.69, 9.17) is 5.73 Å². The summed E-state index contributed by atoms with van der Waals surface area (Å²) in [5, 5.41) is 0. The molecule has 0 fully saturated rings. The maximum atomic E-state index is 5.50. The lowest BCUT2D eigenvalue weighted by Gasteiger charge is -2.17. The van der Waals surface area contributed by atoms with Crippen molar-refractivity contribution in [3.05, 3.63) is 18.2 Å². The van der Waals surface area contributed by atoms with Gasteiger partial charge in [-0.25, -0.2) is 4.98 Å². The van der Waals surface area contributed by atoms with Gasteiger partial charge in [0.15, 0.2) is 0 Å². The smallest absolute Gasteiger partial charge is 0.0947 e. The van der Waals surface area contributed by atoms with Gasteiger partial charge in [0.2, 0.25) is 0 Å². The van der Waals surface area contributed by atoms with Gasteiger partial charge in [0, 0.05) is 32.9 Å². The summed E-state index contributed by atoms with van der Waals surface area (Å²) in [5.74, 6) is 0. The Morgan fingerprint density at radius 1 is 1.62 bits per heavy atom. The van der Waals surface area contributed by atoms with Gasteiger partial charge < -0.3 is 10.3 Å². The first-order chi connectivity index (χ1) is 6.26. The molecule has 0 saturated carbocycles. The molecule has 0 atom stereocenters. The number of aromatic nitrogens is 2. The van der Waals surface area contributed by atoms with Crippen molar-refractivity contribution in [3.63, 3.8) is 0 Å². The minimum absolute atomic E-state index is 0.709. The van der Waals surface area contributed by atoms with Crippen LogP contribution in [0.25, 0.3) is 0 Å². The molecule has 1 aromatic heterocycles. The van der Waals surface area contributed by atoms with Crippen molar-refractivity contribution in [1.29, 1.82) is 0 Å². The van der Waals surface area contributed by atoms with E-state index in [2.05, 4.69) is 16.8 Å². The van der Waals surface area contributed by atoms with Crippen molar-refractivity contribution < 1.29 is 0 Å². The molecule has 4 heteroatoms. The molecule has 1 rings (SSSR count). The molecule has 74 valence electrons. The van der Waals surface area contributed by atoms with Crippen molar-refractivity contribution in [2.75, 3.05) is 19.6 Å². The van der Waals surface area contributed by atoms with Crippen LogP contribution in [-0.4, -0.2) is 34.1 Å². The molecule has 13 heavy (non-hydrogen) atoms. The SMILES string of the molecule is CCN(CCN)Cc1cn(C)cn1. The molecule has 2 N–H and O–H groups in total. The molecule has 0 spiro atoms. The van der Waals surface area contributed by atoms with Crippen LogP contribution in [0.5, 0.6) is 0 Å². The number of nitrogens with zero attached hydrogens (tertiary/aromatic N) is 3. The number of aryl methyl sites for hydroxylation is 1. The van der Waals surface area contributed by atoms with Gasteiger partial charge in [-0.3, -0.25) is 4.90 Å². The molecule has 0 aliphatic rings. The minimum Gasteiger partial charge on any atom is -0.340 e. The molecular formula is C9H18N4. The quantitative estimate of drug-likeness (QED) is 0.707. The highest BCUT2D eigenvalue weighted by Crippen LogP contribution is 1.99. The van der Waals surface area contributed by atoms with Gasteiger partial charge in [-0.2, -0.15) is 0 Å². The van der Waals surface area contributed by atoms with Crippen LogP contribution in [0.3, 0.4) is 0 Å². The molecule has 4 nitrogen and oxygen atoms in total. The van der Waals surface area contributed by atoms with Gasteiger partial charge in [-0.1, -0.05) is 6.92 Å². The Bertz CT molecular complexity index is 244. The molecule has 0 radical (unpaired) electrons. The summed E-state index contributed by atoms with van der Waals surface area (Å²) >= 11 is 0. The second-order valence-electron chi connectivity index (χ2n) is 3.19. The highest BCUT2D eigenvalue weighted by atomic mass is 15.1. The fourth-order valence-electron chi connectivity index (χ4n) is 1.31. The Balaban J connectivity index is 2.46. The zero-order valence-electron chi connectivity index (χ0n) is 8.40. The second kappa shape index (κ2) is 4.99. The van der Waals surface area contributed by atoms with Crippen LogP contribution in [-0.2, 0) is 13.6 Å². The van der Waals surface area contributed by atoms with Gasteiger partial charge in [0.25, 0.3) is 0 Å². The van der Waals surface area contributed by atoms with Crippen LogP contribution in [0.15, 0.2) is 12.5 Å². The first-order valence-electron chi connectivity index (χ1n) is 4.65. The second-order valence-corrected chi connectivity index (χ2v) is 3.19. The normalized spacial score (nSPS) is 11.1. The van der Waals surface area contributed by atoms with E-state index in [1.54, 1.807) is 0 Å². The Morgan fingerprint density at radius 2 is 2.38 bits per heavy atom. The maximum absolute atomic E-state index is 5.50. The third-order valence-corrected chi connectivity index (χ3v) is 2.04. The van der Waals surface area contributed by atoms with Crippen LogP contribution >= 0.6 is 0 Å². The average molecular weight is 182 g/mol. The van der Waals surface area contributed by atoms with E-state index in [0.29, 0.717) is 6.54 Å². The number of nitrogens with two attached hydrogens (primary N) is 1. The summed E-state index contributed by atoms with van der Waals surface area (Å²) < 4.78 is 1.96. The van der Waals surface area contributed by atoms with Crippen molar-refractivity contribution >= 4 is 0 Å². The van der Waals surface area contributed by atoms with E-state index in [1.807, 2.05) is 24.1 Å². The van der Waals surface area contributed by atoms with Crippen LogP contribution < -0.4 is 5.73 Å². The van der Waals surface area contributed by atoms with Crippen LogP contribution in [0, 0.1) is 0 Å². The van der Waals surface area contributed by atoms with E-state index in [1.165, 1.54) is 0 Å². The molecule has 0 unspecified atom stereocenters. The van der Waals surface area contributed by atoms with Crippen LogP contribution in [0.4, 0.5) is 0 Å². The summed E-state index contributed by atoms with van der Waals surface area (Å²) in [6, 6.07) is 0. The molecule has 0 amide bonds. The lowest BCUT2D eigenvalue weighted by molar-refractivity contribution is 0.285. The third-order valence-electron chi connectivity index (χ3n) is 2.04. The molecule has 0 aliphatic heterocycles. The van der Waals surface area contributed by atoms with Crippen molar-refractivity contribution in [2.24, 2.45) is 12.8 Å². The first kappa shape index (κ1) is 10.2. The summed E-state index contributed by atoms with van der Waals surface area (Å²) in [4.78, 5) is 6.55. The van der Waals surface area contributed by atoms with Crippen LogP contribution in [0.2, 0.25) is 0 Å². The Labute approximate surface area is 79.4 Å². The first-order valence-corrected chi connectivity index (χ1v) is 4.65. The Morgan fingerprint density at radius 3 is 2.85 bits per heavy atom.